The van der Waals surface area contributed by atoms with Crippen molar-refractivity contribution in [2.24, 2.45) is 0 Å². The quantitative estimate of drug-likeness (QED) is 0.209. The summed E-state index contributed by atoms with van der Waals surface area (Å²) in [5.41, 5.74) is 7.53. The van der Waals surface area contributed by atoms with E-state index in [9.17, 15) is 0 Å². The van der Waals surface area contributed by atoms with Crippen LogP contribution in [0.5, 0.6) is 0 Å². The highest BCUT2D eigenvalue weighted by molar-refractivity contribution is 7.25. The minimum atomic E-state index is 1.01. The van der Waals surface area contributed by atoms with Gasteiger partial charge in [-0.2, -0.15) is 5.10 Å². The number of rotatable bonds is 2. The van der Waals surface area contributed by atoms with Gasteiger partial charge in [-0.1, -0.05) is 78.9 Å². The van der Waals surface area contributed by atoms with Gasteiger partial charge in [-0.3, -0.25) is 0 Å². The molecule has 0 spiro atoms. The van der Waals surface area contributed by atoms with E-state index >= 15 is 0 Å². The average Bonchev–Trinajstić information content (AvgIpc) is 3.57. The average molecular weight is 528 g/mol. The molecule has 0 aliphatic rings. The fourth-order valence-electron chi connectivity index (χ4n) is 6.09. The summed E-state index contributed by atoms with van der Waals surface area (Å²) >= 11 is 1.85. The van der Waals surface area contributed by atoms with E-state index in [1.165, 1.54) is 41.7 Å². The lowest BCUT2D eigenvalue weighted by atomic mass is 9.96. The highest BCUT2D eigenvalue weighted by Crippen LogP contribution is 2.41. The lowest BCUT2D eigenvalue weighted by Crippen LogP contribution is -1.91. The van der Waals surface area contributed by atoms with Crippen LogP contribution >= 0.6 is 11.3 Å². The van der Waals surface area contributed by atoms with Gasteiger partial charge >= 0.3 is 0 Å². The summed E-state index contributed by atoms with van der Waals surface area (Å²) in [5.74, 6) is 0. The van der Waals surface area contributed by atoms with Gasteiger partial charge in [-0.15, -0.1) is 11.3 Å². The molecule has 9 rings (SSSR count). The third-order valence-electron chi connectivity index (χ3n) is 7.99. The third kappa shape index (κ3) is 3.17. The lowest BCUT2D eigenvalue weighted by molar-refractivity contribution is 0.983. The summed E-state index contributed by atoms with van der Waals surface area (Å²) in [6, 6.07) is 43.3. The molecule has 0 saturated heterocycles. The van der Waals surface area contributed by atoms with E-state index in [2.05, 4.69) is 121 Å². The first-order valence-corrected chi connectivity index (χ1v) is 14.2. The van der Waals surface area contributed by atoms with Gasteiger partial charge in [0, 0.05) is 53.7 Å². The molecule has 186 valence electrons. The molecule has 9 aromatic rings. The van der Waals surface area contributed by atoms with Gasteiger partial charge in [0.2, 0.25) is 0 Å². The van der Waals surface area contributed by atoms with Crippen molar-refractivity contribution in [1.82, 2.24) is 14.6 Å². The van der Waals surface area contributed by atoms with Gasteiger partial charge < -0.3 is 0 Å². The molecule has 0 N–H and O–H groups in total. The molecule has 5 aromatic carbocycles. The number of pyridine rings is 2. The zero-order valence-electron chi connectivity index (χ0n) is 21.4. The highest BCUT2D eigenvalue weighted by Gasteiger charge is 2.15. The van der Waals surface area contributed by atoms with Gasteiger partial charge in [-0.05, 0) is 53.4 Å². The molecular weight excluding hydrogens is 506 g/mol. The number of para-hydroxylation sites is 1. The van der Waals surface area contributed by atoms with Crippen molar-refractivity contribution < 1.29 is 0 Å². The maximum Gasteiger partial charge on any atom is 0.0933 e. The maximum absolute atomic E-state index is 5.23. The second-order valence-corrected chi connectivity index (χ2v) is 11.4. The molecular formula is C36H21N3S. The Morgan fingerprint density at radius 2 is 1.25 bits per heavy atom. The molecule has 4 heterocycles. The second-order valence-electron chi connectivity index (χ2n) is 10.3. The van der Waals surface area contributed by atoms with E-state index in [-0.39, 0.29) is 0 Å². The van der Waals surface area contributed by atoms with Crippen LogP contribution in [-0.4, -0.2) is 14.6 Å². The summed E-state index contributed by atoms with van der Waals surface area (Å²) in [7, 11) is 0. The predicted molar refractivity (Wildman–Crippen MR) is 169 cm³/mol. The van der Waals surface area contributed by atoms with Crippen LogP contribution in [0, 0.1) is 0 Å². The molecule has 0 saturated carbocycles. The topological polar surface area (TPSA) is 30.2 Å². The zero-order chi connectivity index (χ0) is 26.2. The van der Waals surface area contributed by atoms with Crippen LogP contribution in [0.25, 0.3) is 80.7 Å². The summed E-state index contributed by atoms with van der Waals surface area (Å²) in [6.45, 7) is 0. The molecule has 0 aliphatic carbocycles. The van der Waals surface area contributed by atoms with Crippen molar-refractivity contribution in [3.8, 4) is 22.4 Å². The number of aromatic nitrogens is 3. The van der Waals surface area contributed by atoms with Crippen molar-refractivity contribution >= 4 is 69.6 Å². The Morgan fingerprint density at radius 1 is 0.475 bits per heavy atom. The molecule has 0 bridgehead atoms. The van der Waals surface area contributed by atoms with Crippen LogP contribution in [0.4, 0.5) is 0 Å². The smallest absolute Gasteiger partial charge is 0.0933 e. The fraction of sp³-hybridized carbons (Fsp3) is 0. The summed E-state index contributed by atoms with van der Waals surface area (Å²) < 4.78 is 4.60. The molecule has 4 heteroatoms. The van der Waals surface area contributed by atoms with Crippen molar-refractivity contribution in [2.75, 3.05) is 0 Å². The first-order valence-electron chi connectivity index (χ1n) is 13.4. The van der Waals surface area contributed by atoms with Crippen molar-refractivity contribution in [3.05, 3.63) is 128 Å². The summed E-state index contributed by atoms with van der Waals surface area (Å²) in [6.07, 6.45) is 2.13. The van der Waals surface area contributed by atoms with E-state index in [0.29, 0.717) is 0 Å². The number of hydrogen-bond donors (Lipinski definition) is 0. The molecule has 0 atom stereocenters. The van der Waals surface area contributed by atoms with Gasteiger partial charge in [0.15, 0.2) is 0 Å². The van der Waals surface area contributed by atoms with Crippen LogP contribution in [0.1, 0.15) is 0 Å². The summed E-state index contributed by atoms with van der Waals surface area (Å²) in [4.78, 5) is 5.23. The zero-order valence-corrected chi connectivity index (χ0v) is 22.2. The first-order chi connectivity index (χ1) is 19.8. The Balaban J connectivity index is 1.28. The fourth-order valence-corrected chi connectivity index (χ4v) is 7.21. The molecule has 0 amide bonds. The van der Waals surface area contributed by atoms with Gasteiger partial charge in [0.25, 0.3) is 0 Å². The van der Waals surface area contributed by atoms with Gasteiger partial charge in [0.05, 0.1) is 22.2 Å². The van der Waals surface area contributed by atoms with Crippen molar-refractivity contribution in [3.63, 3.8) is 0 Å². The third-order valence-corrected chi connectivity index (χ3v) is 9.13. The number of nitrogens with zero attached hydrogens (tertiary/aromatic N) is 3. The SMILES string of the molecule is c1cc(-c2ccc3c4ccccc4nn3c2)cc(-c2nc3ccccc3c3cc4c(cc23)sc2ccccc24)c1. The van der Waals surface area contributed by atoms with Gasteiger partial charge in [-0.25, -0.2) is 9.50 Å². The van der Waals surface area contributed by atoms with Crippen LogP contribution in [0.2, 0.25) is 0 Å². The summed E-state index contributed by atoms with van der Waals surface area (Å²) in [5, 5.41) is 12.2. The number of benzene rings is 5. The van der Waals surface area contributed by atoms with Crippen LogP contribution in [-0.2, 0) is 0 Å². The molecule has 3 nitrogen and oxygen atoms in total. The molecule has 0 unspecified atom stereocenters. The van der Waals surface area contributed by atoms with Crippen molar-refractivity contribution in [2.45, 2.75) is 0 Å². The number of fused-ring (bicyclic) bond motifs is 9. The maximum atomic E-state index is 5.23. The highest BCUT2D eigenvalue weighted by atomic mass is 32.1. The number of thiophene rings is 1. The van der Waals surface area contributed by atoms with Crippen LogP contribution in [0.3, 0.4) is 0 Å². The van der Waals surface area contributed by atoms with E-state index < -0.39 is 0 Å². The molecule has 0 radical (unpaired) electrons. The van der Waals surface area contributed by atoms with Crippen LogP contribution < -0.4 is 0 Å². The van der Waals surface area contributed by atoms with E-state index in [1.54, 1.807) is 0 Å². The first kappa shape index (κ1) is 21.8. The lowest BCUT2D eigenvalue weighted by Gasteiger charge is -2.12. The van der Waals surface area contributed by atoms with Crippen molar-refractivity contribution in [1.29, 1.82) is 0 Å². The Bertz CT molecular complexity index is 2450. The standard InChI is InChI=1S/C36H21N3S/c1-4-13-31-25(10-1)28-19-29-26-11-3-6-15-34(26)40-35(29)20-30(28)36(37-31)23-9-7-8-22(18-23)24-16-17-33-27-12-2-5-14-32(27)38-39(33)21-24/h1-21H. The van der Waals surface area contributed by atoms with E-state index in [0.717, 1.165) is 38.9 Å². The Hall–Kier alpha value is -5.06. The number of hydrogen-bond acceptors (Lipinski definition) is 3. The molecule has 4 aromatic heterocycles. The van der Waals surface area contributed by atoms with Gasteiger partial charge in [0.1, 0.15) is 0 Å². The molecule has 0 aliphatic heterocycles. The minimum absolute atomic E-state index is 1.01. The second kappa shape index (κ2) is 8.22. The normalized spacial score (nSPS) is 12.0. The monoisotopic (exact) mass is 527 g/mol. The Labute approximate surface area is 233 Å². The van der Waals surface area contributed by atoms with Crippen LogP contribution in [0.15, 0.2) is 128 Å². The Kier molecular flexibility index (Phi) is 4.48. The van der Waals surface area contributed by atoms with E-state index in [4.69, 9.17) is 10.1 Å². The molecule has 40 heavy (non-hydrogen) atoms. The minimum Gasteiger partial charge on any atom is -0.247 e. The molecule has 0 fully saturated rings. The largest absolute Gasteiger partial charge is 0.247 e. The Morgan fingerprint density at radius 3 is 2.17 bits per heavy atom. The predicted octanol–water partition coefficient (Wildman–Crippen LogP) is 9.89. The van der Waals surface area contributed by atoms with E-state index in [1.807, 2.05) is 21.9 Å².